The number of carbonyl (C=O) groups excluding carboxylic acids is 1. The zero-order chi connectivity index (χ0) is 15.6. The monoisotopic (exact) mass is 324 g/mol. The van der Waals surface area contributed by atoms with Gasteiger partial charge in [0.25, 0.3) is 0 Å². The largest absolute Gasteiger partial charge is 0.493 e. The van der Waals surface area contributed by atoms with Gasteiger partial charge in [0.1, 0.15) is 0 Å². The van der Waals surface area contributed by atoms with Crippen molar-refractivity contribution in [2.75, 3.05) is 14.2 Å². The van der Waals surface area contributed by atoms with E-state index in [1.54, 1.807) is 30.3 Å². The van der Waals surface area contributed by atoms with Crippen LogP contribution in [0.2, 0.25) is 10.0 Å². The fourth-order valence-electron chi connectivity index (χ4n) is 2.06. The summed E-state index contributed by atoms with van der Waals surface area (Å²) in [7, 11) is 3.02. The van der Waals surface area contributed by atoms with E-state index in [4.69, 9.17) is 32.7 Å². The third-order valence-electron chi connectivity index (χ3n) is 3.15. The highest BCUT2D eigenvalue weighted by Gasteiger charge is 2.18. The first-order valence-corrected chi connectivity index (χ1v) is 6.96. The van der Waals surface area contributed by atoms with Crippen LogP contribution in [0.3, 0.4) is 0 Å². The first-order valence-electron chi connectivity index (χ1n) is 6.20. The summed E-state index contributed by atoms with van der Waals surface area (Å²) >= 11 is 12.1. The normalized spacial score (nSPS) is 10.3. The van der Waals surface area contributed by atoms with Crippen LogP contribution in [0, 0.1) is 6.92 Å². The minimum Gasteiger partial charge on any atom is -0.493 e. The van der Waals surface area contributed by atoms with Crippen molar-refractivity contribution < 1.29 is 14.3 Å². The summed E-state index contributed by atoms with van der Waals surface area (Å²) in [4.78, 5) is 12.6. The Morgan fingerprint density at radius 3 is 2.14 bits per heavy atom. The fourth-order valence-corrected chi connectivity index (χ4v) is 2.52. The van der Waals surface area contributed by atoms with Crippen LogP contribution in [0.1, 0.15) is 21.5 Å². The van der Waals surface area contributed by atoms with Crippen molar-refractivity contribution in [2.24, 2.45) is 0 Å². The predicted octanol–water partition coefficient (Wildman–Crippen LogP) is 4.55. The summed E-state index contributed by atoms with van der Waals surface area (Å²) in [5, 5.41) is 0.898. The molecule has 0 radical (unpaired) electrons. The topological polar surface area (TPSA) is 35.5 Å². The van der Waals surface area contributed by atoms with Crippen LogP contribution in [0.4, 0.5) is 0 Å². The number of rotatable bonds is 4. The van der Waals surface area contributed by atoms with Gasteiger partial charge in [-0.2, -0.15) is 0 Å². The number of hydrogen-bond acceptors (Lipinski definition) is 3. The molecule has 0 N–H and O–H groups in total. The lowest BCUT2D eigenvalue weighted by molar-refractivity contribution is 0.103. The Morgan fingerprint density at radius 1 is 0.952 bits per heavy atom. The molecule has 0 spiro atoms. The Kier molecular flexibility index (Phi) is 4.76. The smallest absolute Gasteiger partial charge is 0.194 e. The fraction of sp³-hybridized carbons (Fsp3) is 0.188. The maximum atomic E-state index is 12.6. The van der Waals surface area contributed by atoms with E-state index in [1.807, 2.05) is 6.92 Å². The highest BCUT2D eigenvalue weighted by Crippen LogP contribution is 2.34. The number of ketones is 1. The number of halogens is 2. The van der Waals surface area contributed by atoms with E-state index in [1.165, 1.54) is 14.2 Å². The SMILES string of the molecule is COc1cc(Cl)c(C(=O)c2ccc(Cl)cc2C)cc1OC. The summed E-state index contributed by atoms with van der Waals surface area (Å²) in [5.41, 5.74) is 1.70. The first kappa shape index (κ1) is 15.7. The van der Waals surface area contributed by atoms with Gasteiger partial charge in [-0.3, -0.25) is 4.79 Å². The molecule has 0 heterocycles. The number of carbonyl (C=O) groups is 1. The van der Waals surface area contributed by atoms with Crippen LogP contribution in [-0.2, 0) is 0 Å². The molecule has 0 atom stereocenters. The van der Waals surface area contributed by atoms with Crippen LogP contribution in [0.25, 0.3) is 0 Å². The van der Waals surface area contributed by atoms with Gasteiger partial charge in [-0.05, 0) is 36.8 Å². The van der Waals surface area contributed by atoms with E-state index in [9.17, 15) is 4.79 Å². The number of benzene rings is 2. The molecule has 5 heteroatoms. The van der Waals surface area contributed by atoms with E-state index in [2.05, 4.69) is 0 Å². The van der Waals surface area contributed by atoms with Gasteiger partial charge in [0.15, 0.2) is 17.3 Å². The third kappa shape index (κ3) is 3.14. The first-order chi connectivity index (χ1) is 9.97. The Labute approximate surface area is 133 Å². The summed E-state index contributed by atoms with van der Waals surface area (Å²) in [6.07, 6.45) is 0. The van der Waals surface area contributed by atoms with Crippen molar-refractivity contribution in [3.05, 3.63) is 57.1 Å². The minimum atomic E-state index is -0.185. The standard InChI is InChI=1S/C16H14Cl2O3/c1-9-6-10(17)4-5-11(9)16(19)12-7-14(20-2)15(21-3)8-13(12)18/h4-8H,1-3H3. The molecule has 0 unspecified atom stereocenters. The van der Waals surface area contributed by atoms with Gasteiger partial charge < -0.3 is 9.47 Å². The van der Waals surface area contributed by atoms with Gasteiger partial charge in [0, 0.05) is 22.2 Å². The molecule has 0 aliphatic heterocycles. The molecular weight excluding hydrogens is 311 g/mol. The molecule has 21 heavy (non-hydrogen) atoms. The van der Waals surface area contributed by atoms with Crippen molar-refractivity contribution in [3.8, 4) is 11.5 Å². The van der Waals surface area contributed by atoms with Gasteiger partial charge in [-0.1, -0.05) is 23.2 Å². The summed E-state index contributed by atoms with van der Waals surface area (Å²) < 4.78 is 10.4. The zero-order valence-corrected chi connectivity index (χ0v) is 13.4. The lowest BCUT2D eigenvalue weighted by Crippen LogP contribution is -2.05. The molecule has 2 aromatic rings. The van der Waals surface area contributed by atoms with Crippen molar-refractivity contribution in [2.45, 2.75) is 6.92 Å². The second-order valence-electron chi connectivity index (χ2n) is 4.48. The Bertz CT molecular complexity index is 696. The van der Waals surface area contributed by atoms with Crippen molar-refractivity contribution in [1.29, 1.82) is 0 Å². The maximum absolute atomic E-state index is 12.6. The molecule has 0 bridgehead atoms. The lowest BCUT2D eigenvalue weighted by Gasteiger charge is -2.12. The molecule has 3 nitrogen and oxygen atoms in total. The third-order valence-corrected chi connectivity index (χ3v) is 3.70. The predicted molar refractivity (Wildman–Crippen MR) is 84.2 cm³/mol. The van der Waals surface area contributed by atoms with Gasteiger partial charge in [-0.25, -0.2) is 0 Å². The average molecular weight is 325 g/mol. The van der Waals surface area contributed by atoms with Gasteiger partial charge >= 0.3 is 0 Å². The molecule has 2 aromatic carbocycles. The second kappa shape index (κ2) is 6.37. The van der Waals surface area contributed by atoms with Gasteiger partial charge in [0.2, 0.25) is 0 Å². The molecule has 0 aliphatic carbocycles. The van der Waals surface area contributed by atoms with Crippen LogP contribution in [-0.4, -0.2) is 20.0 Å². The van der Waals surface area contributed by atoms with E-state index < -0.39 is 0 Å². The second-order valence-corrected chi connectivity index (χ2v) is 5.32. The molecule has 0 aliphatic rings. The van der Waals surface area contributed by atoms with E-state index in [0.29, 0.717) is 32.7 Å². The number of aryl methyl sites for hydroxylation is 1. The van der Waals surface area contributed by atoms with Crippen LogP contribution in [0.15, 0.2) is 30.3 Å². The van der Waals surface area contributed by atoms with E-state index in [-0.39, 0.29) is 5.78 Å². The number of methoxy groups -OCH3 is 2. The maximum Gasteiger partial charge on any atom is 0.194 e. The minimum absolute atomic E-state index is 0.185. The van der Waals surface area contributed by atoms with Crippen molar-refractivity contribution >= 4 is 29.0 Å². The summed E-state index contributed by atoms with van der Waals surface area (Å²) in [5.74, 6) is 0.749. The lowest BCUT2D eigenvalue weighted by atomic mass is 9.99. The van der Waals surface area contributed by atoms with E-state index in [0.717, 1.165) is 5.56 Å². The van der Waals surface area contributed by atoms with Crippen LogP contribution < -0.4 is 9.47 Å². The molecule has 0 saturated heterocycles. The highest BCUT2D eigenvalue weighted by atomic mass is 35.5. The molecule has 0 saturated carbocycles. The zero-order valence-electron chi connectivity index (χ0n) is 11.9. The molecule has 2 rings (SSSR count). The molecule has 110 valence electrons. The quantitative estimate of drug-likeness (QED) is 0.774. The average Bonchev–Trinajstić information content (AvgIpc) is 2.46. The van der Waals surface area contributed by atoms with E-state index >= 15 is 0 Å². The Hall–Kier alpha value is -1.71. The van der Waals surface area contributed by atoms with Gasteiger partial charge in [0.05, 0.1) is 19.2 Å². The molecule has 0 fully saturated rings. The van der Waals surface area contributed by atoms with Crippen LogP contribution in [0.5, 0.6) is 11.5 Å². The molecular formula is C16H14Cl2O3. The number of hydrogen-bond donors (Lipinski definition) is 0. The highest BCUT2D eigenvalue weighted by molar-refractivity contribution is 6.35. The van der Waals surface area contributed by atoms with Crippen molar-refractivity contribution in [3.63, 3.8) is 0 Å². The molecule has 0 aromatic heterocycles. The number of ether oxygens (including phenoxy) is 2. The Morgan fingerprint density at radius 2 is 1.57 bits per heavy atom. The van der Waals surface area contributed by atoms with Crippen LogP contribution >= 0.6 is 23.2 Å². The summed E-state index contributed by atoms with van der Waals surface area (Å²) in [6, 6.07) is 8.25. The summed E-state index contributed by atoms with van der Waals surface area (Å²) in [6.45, 7) is 1.83. The molecule has 0 amide bonds. The van der Waals surface area contributed by atoms with Crippen molar-refractivity contribution in [1.82, 2.24) is 0 Å². The Balaban J connectivity index is 2.53. The van der Waals surface area contributed by atoms with Gasteiger partial charge in [-0.15, -0.1) is 0 Å².